The van der Waals surface area contributed by atoms with Crippen LogP contribution in [0, 0.1) is 0 Å². The first-order valence-electron chi connectivity index (χ1n) is 5.78. The number of aromatic nitrogens is 3. The van der Waals surface area contributed by atoms with Crippen molar-refractivity contribution in [1.82, 2.24) is 15.0 Å². The van der Waals surface area contributed by atoms with Gasteiger partial charge in [0.2, 0.25) is 5.89 Å². The average molecular weight is 288 g/mol. The van der Waals surface area contributed by atoms with Crippen LogP contribution in [0.1, 0.15) is 5.89 Å². The summed E-state index contributed by atoms with van der Waals surface area (Å²) < 4.78 is 5.60. The van der Waals surface area contributed by atoms with Crippen LogP contribution in [0.25, 0.3) is 11.1 Å². The van der Waals surface area contributed by atoms with Crippen LogP contribution < -0.4 is 17.2 Å². The Kier molecular flexibility index (Phi) is 3.07. The second-order valence-corrected chi connectivity index (χ2v) is 5.03. The van der Waals surface area contributed by atoms with Gasteiger partial charge in [-0.3, -0.25) is 0 Å². The summed E-state index contributed by atoms with van der Waals surface area (Å²) in [5, 5.41) is 0.484. The van der Waals surface area contributed by atoms with Crippen molar-refractivity contribution in [2.45, 2.75) is 10.9 Å². The molecule has 0 amide bonds. The standard InChI is InChI=1S/C12H12N6OS/c13-6-2-1-3-7-11(6)18-10(19-7)5-20-12-16-8(14)4-9(15)17-12/h1-4H,5,13H2,(H4,14,15,16,17). The zero-order chi connectivity index (χ0) is 14.1. The van der Waals surface area contributed by atoms with Gasteiger partial charge in [-0.25, -0.2) is 15.0 Å². The van der Waals surface area contributed by atoms with E-state index in [0.29, 0.717) is 45.2 Å². The first-order chi connectivity index (χ1) is 9.61. The van der Waals surface area contributed by atoms with Crippen molar-refractivity contribution in [3.05, 3.63) is 30.2 Å². The van der Waals surface area contributed by atoms with Gasteiger partial charge >= 0.3 is 0 Å². The van der Waals surface area contributed by atoms with Gasteiger partial charge in [0.05, 0.1) is 11.4 Å². The number of hydrogen-bond acceptors (Lipinski definition) is 8. The van der Waals surface area contributed by atoms with Crippen LogP contribution >= 0.6 is 11.8 Å². The summed E-state index contributed by atoms with van der Waals surface area (Å²) in [5.74, 6) is 1.69. The molecule has 8 heteroatoms. The summed E-state index contributed by atoms with van der Waals surface area (Å²) in [6.07, 6.45) is 0. The van der Waals surface area contributed by atoms with Gasteiger partial charge in [0.15, 0.2) is 10.7 Å². The molecule has 0 unspecified atom stereocenters. The molecule has 0 atom stereocenters. The average Bonchev–Trinajstić information content (AvgIpc) is 2.80. The van der Waals surface area contributed by atoms with E-state index in [9.17, 15) is 0 Å². The smallest absolute Gasteiger partial charge is 0.206 e. The molecule has 0 bridgehead atoms. The number of nitrogens with zero attached hydrogens (tertiary/aromatic N) is 3. The predicted molar refractivity (Wildman–Crippen MR) is 78.8 cm³/mol. The Bertz CT molecular complexity index is 751. The van der Waals surface area contributed by atoms with Gasteiger partial charge in [0, 0.05) is 6.07 Å². The minimum atomic E-state index is 0.335. The number of nitrogen functional groups attached to an aromatic ring is 3. The second-order valence-electron chi connectivity index (χ2n) is 4.09. The molecule has 20 heavy (non-hydrogen) atoms. The van der Waals surface area contributed by atoms with Gasteiger partial charge in [-0.1, -0.05) is 17.8 Å². The fourth-order valence-corrected chi connectivity index (χ4v) is 2.45. The molecule has 0 fully saturated rings. The molecule has 1 aromatic carbocycles. The number of oxazole rings is 1. The highest BCUT2D eigenvalue weighted by Gasteiger charge is 2.10. The molecule has 102 valence electrons. The molecule has 0 radical (unpaired) electrons. The van der Waals surface area contributed by atoms with Gasteiger partial charge in [-0.05, 0) is 12.1 Å². The predicted octanol–water partition coefficient (Wildman–Crippen LogP) is 1.66. The first kappa shape index (κ1) is 12.5. The zero-order valence-corrected chi connectivity index (χ0v) is 11.2. The summed E-state index contributed by atoms with van der Waals surface area (Å²) in [6, 6.07) is 6.93. The number of para-hydroxylation sites is 1. The van der Waals surface area contributed by atoms with Crippen molar-refractivity contribution < 1.29 is 4.42 Å². The maximum absolute atomic E-state index is 5.83. The van der Waals surface area contributed by atoms with Gasteiger partial charge < -0.3 is 21.6 Å². The summed E-state index contributed by atoms with van der Waals surface area (Å²) in [6.45, 7) is 0. The topological polar surface area (TPSA) is 130 Å². The molecule has 0 spiro atoms. The van der Waals surface area contributed by atoms with E-state index in [0.717, 1.165) is 0 Å². The third-order valence-electron chi connectivity index (χ3n) is 2.56. The van der Waals surface area contributed by atoms with Gasteiger partial charge in [0.25, 0.3) is 0 Å². The fourth-order valence-electron chi connectivity index (χ4n) is 1.73. The van der Waals surface area contributed by atoms with Crippen LogP contribution in [0.15, 0.2) is 33.8 Å². The van der Waals surface area contributed by atoms with E-state index in [1.807, 2.05) is 12.1 Å². The molecule has 2 aromatic heterocycles. The van der Waals surface area contributed by atoms with Crippen molar-refractivity contribution in [3.63, 3.8) is 0 Å². The van der Waals surface area contributed by atoms with Crippen LogP contribution in [0.2, 0.25) is 0 Å². The lowest BCUT2D eigenvalue weighted by Crippen LogP contribution is -1.99. The third-order valence-corrected chi connectivity index (χ3v) is 3.40. The minimum absolute atomic E-state index is 0.335. The largest absolute Gasteiger partial charge is 0.440 e. The van der Waals surface area contributed by atoms with Crippen molar-refractivity contribution >= 4 is 40.2 Å². The first-order valence-corrected chi connectivity index (χ1v) is 6.77. The molecule has 6 N–H and O–H groups in total. The van der Waals surface area contributed by atoms with Gasteiger partial charge in [0.1, 0.15) is 17.2 Å². The molecule has 0 aliphatic rings. The molecular weight excluding hydrogens is 276 g/mol. The summed E-state index contributed by atoms with van der Waals surface area (Å²) >= 11 is 1.34. The number of hydrogen-bond donors (Lipinski definition) is 3. The number of fused-ring (bicyclic) bond motifs is 1. The monoisotopic (exact) mass is 288 g/mol. The Morgan fingerprint density at radius 2 is 1.80 bits per heavy atom. The van der Waals surface area contributed by atoms with E-state index in [4.69, 9.17) is 21.6 Å². The fraction of sp³-hybridized carbons (Fsp3) is 0.0833. The van der Waals surface area contributed by atoms with Gasteiger partial charge in [-0.2, -0.15) is 0 Å². The molecule has 3 rings (SSSR count). The quantitative estimate of drug-likeness (QED) is 0.377. The number of anilines is 3. The zero-order valence-electron chi connectivity index (χ0n) is 10.4. The van der Waals surface area contributed by atoms with Gasteiger partial charge in [-0.15, -0.1) is 0 Å². The number of thioether (sulfide) groups is 1. The maximum atomic E-state index is 5.83. The Morgan fingerprint density at radius 3 is 2.50 bits per heavy atom. The van der Waals surface area contributed by atoms with E-state index in [-0.39, 0.29) is 0 Å². The summed E-state index contributed by atoms with van der Waals surface area (Å²) in [7, 11) is 0. The lowest BCUT2D eigenvalue weighted by molar-refractivity contribution is 0.556. The molecular formula is C12H12N6OS. The highest BCUT2D eigenvalue weighted by Crippen LogP contribution is 2.25. The lowest BCUT2D eigenvalue weighted by Gasteiger charge is -2.00. The van der Waals surface area contributed by atoms with E-state index < -0.39 is 0 Å². The number of rotatable bonds is 3. The molecule has 0 aliphatic heterocycles. The molecule has 3 aromatic rings. The van der Waals surface area contributed by atoms with E-state index >= 15 is 0 Å². The van der Waals surface area contributed by atoms with Crippen LogP contribution in [0.4, 0.5) is 17.3 Å². The highest BCUT2D eigenvalue weighted by molar-refractivity contribution is 7.98. The van der Waals surface area contributed by atoms with Crippen LogP contribution in [0.5, 0.6) is 0 Å². The minimum Gasteiger partial charge on any atom is -0.440 e. The Morgan fingerprint density at radius 1 is 1.05 bits per heavy atom. The third kappa shape index (κ3) is 2.45. The van der Waals surface area contributed by atoms with Crippen molar-refractivity contribution in [2.75, 3.05) is 17.2 Å². The van der Waals surface area contributed by atoms with Crippen LogP contribution in [0.3, 0.4) is 0 Å². The normalized spacial score (nSPS) is 11.0. The number of benzene rings is 1. The molecule has 2 heterocycles. The molecule has 0 aliphatic carbocycles. The summed E-state index contributed by atoms with van der Waals surface area (Å²) in [4.78, 5) is 12.5. The van der Waals surface area contributed by atoms with E-state index in [2.05, 4.69) is 15.0 Å². The molecule has 0 saturated heterocycles. The van der Waals surface area contributed by atoms with E-state index in [1.54, 1.807) is 6.07 Å². The Labute approximate surface area is 118 Å². The highest BCUT2D eigenvalue weighted by atomic mass is 32.2. The van der Waals surface area contributed by atoms with Crippen molar-refractivity contribution in [1.29, 1.82) is 0 Å². The Balaban J connectivity index is 1.81. The van der Waals surface area contributed by atoms with Crippen LogP contribution in [-0.2, 0) is 5.75 Å². The SMILES string of the molecule is Nc1cc(N)nc(SCc2nc3c(N)cccc3o2)n1. The van der Waals surface area contributed by atoms with E-state index in [1.165, 1.54) is 17.8 Å². The van der Waals surface area contributed by atoms with Crippen molar-refractivity contribution in [3.8, 4) is 0 Å². The lowest BCUT2D eigenvalue weighted by atomic mass is 10.3. The van der Waals surface area contributed by atoms with Crippen LogP contribution in [-0.4, -0.2) is 15.0 Å². The number of nitrogens with two attached hydrogens (primary N) is 3. The Hall–Kier alpha value is -2.48. The molecule has 0 saturated carbocycles. The molecule has 7 nitrogen and oxygen atoms in total. The maximum Gasteiger partial charge on any atom is 0.206 e. The summed E-state index contributed by atoms with van der Waals surface area (Å²) in [5.41, 5.74) is 19.0. The second kappa shape index (κ2) is 4.89. The van der Waals surface area contributed by atoms with Crippen molar-refractivity contribution in [2.24, 2.45) is 0 Å².